The van der Waals surface area contributed by atoms with Crippen molar-refractivity contribution in [2.45, 2.75) is 6.61 Å². The van der Waals surface area contributed by atoms with Gasteiger partial charge >= 0.3 is 0 Å². The fourth-order valence-electron chi connectivity index (χ4n) is 4.08. The number of nitrogens with zero attached hydrogens (tertiary/aromatic N) is 1. The standard InChI is InChI=1S/C28H16BrCl3N2O3S/c29-20-12-15(13-22(31)25(20)37-14-17-7-3-6-16-5-1-2-8-18(16)17)11-19-26(35)33-28(38)34(27(19)36)23-10-4-9-21(30)24(23)32/h1-13H,14H2,(H,33,35,38)/b19-11+. The van der Waals surface area contributed by atoms with E-state index in [1.807, 2.05) is 42.5 Å². The summed E-state index contributed by atoms with van der Waals surface area (Å²) in [5.74, 6) is -0.848. The summed E-state index contributed by atoms with van der Waals surface area (Å²) in [6.07, 6.45) is 1.43. The van der Waals surface area contributed by atoms with E-state index in [0.717, 1.165) is 21.2 Å². The molecule has 5 nitrogen and oxygen atoms in total. The van der Waals surface area contributed by atoms with Crippen LogP contribution in [0.4, 0.5) is 5.69 Å². The SMILES string of the molecule is O=C1NC(=S)N(c2cccc(Cl)c2Cl)C(=O)/C1=C/c1cc(Cl)c(OCc2cccc3ccccc23)c(Br)c1. The van der Waals surface area contributed by atoms with Crippen LogP contribution in [-0.4, -0.2) is 16.9 Å². The molecule has 0 aliphatic carbocycles. The molecule has 0 aromatic heterocycles. The first kappa shape index (κ1) is 26.7. The molecule has 0 radical (unpaired) electrons. The Morgan fingerprint density at radius 2 is 1.68 bits per heavy atom. The largest absolute Gasteiger partial charge is 0.486 e. The summed E-state index contributed by atoms with van der Waals surface area (Å²) in [7, 11) is 0. The van der Waals surface area contributed by atoms with Crippen LogP contribution in [0.5, 0.6) is 5.75 Å². The third-order valence-corrected chi connectivity index (χ3v) is 7.82. The lowest BCUT2D eigenvalue weighted by atomic mass is 10.1. The summed E-state index contributed by atoms with van der Waals surface area (Å²) in [5, 5.41) is 5.32. The Bertz CT molecular complexity index is 1650. The number of rotatable bonds is 5. The van der Waals surface area contributed by atoms with E-state index in [1.165, 1.54) is 6.08 Å². The Hall–Kier alpha value is -2.94. The molecule has 4 aromatic rings. The van der Waals surface area contributed by atoms with Crippen molar-refractivity contribution in [1.29, 1.82) is 0 Å². The highest BCUT2D eigenvalue weighted by molar-refractivity contribution is 9.10. The first-order valence-electron chi connectivity index (χ1n) is 11.2. The molecule has 2 amide bonds. The topological polar surface area (TPSA) is 58.6 Å². The van der Waals surface area contributed by atoms with Gasteiger partial charge in [0.2, 0.25) is 0 Å². The lowest BCUT2D eigenvalue weighted by Gasteiger charge is -2.29. The number of nitrogens with one attached hydrogen (secondary N) is 1. The van der Waals surface area contributed by atoms with Gasteiger partial charge in [0.05, 0.1) is 25.2 Å². The van der Waals surface area contributed by atoms with E-state index in [4.69, 9.17) is 51.8 Å². The van der Waals surface area contributed by atoms with Gasteiger partial charge in [-0.3, -0.25) is 19.8 Å². The Morgan fingerprint density at radius 1 is 0.947 bits per heavy atom. The highest BCUT2D eigenvalue weighted by Crippen LogP contribution is 2.37. The number of hydrogen-bond acceptors (Lipinski definition) is 4. The molecule has 0 bridgehead atoms. The Kier molecular flexibility index (Phi) is 7.75. The predicted molar refractivity (Wildman–Crippen MR) is 160 cm³/mol. The monoisotopic (exact) mass is 644 g/mol. The quantitative estimate of drug-likeness (QED) is 0.136. The molecule has 190 valence electrons. The minimum Gasteiger partial charge on any atom is -0.486 e. The zero-order valence-corrected chi connectivity index (χ0v) is 24.0. The van der Waals surface area contributed by atoms with E-state index in [1.54, 1.807) is 30.3 Å². The van der Waals surface area contributed by atoms with Gasteiger partial charge in [0.1, 0.15) is 12.2 Å². The summed E-state index contributed by atoms with van der Waals surface area (Å²) >= 11 is 27.7. The van der Waals surface area contributed by atoms with Crippen molar-refractivity contribution in [3.05, 3.63) is 109 Å². The lowest BCUT2D eigenvalue weighted by molar-refractivity contribution is -0.122. The second-order valence-electron chi connectivity index (χ2n) is 8.27. The maximum absolute atomic E-state index is 13.4. The molecule has 4 aromatic carbocycles. The third-order valence-electron chi connectivity index (χ3n) is 5.86. The molecule has 1 N–H and O–H groups in total. The number of halogens is 4. The number of hydrogen-bond donors (Lipinski definition) is 1. The van der Waals surface area contributed by atoms with E-state index in [-0.39, 0.29) is 26.4 Å². The number of carbonyl (C=O) groups is 2. The van der Waals surface area contributed by atoms with Gasteiger partial charge in [-0.05, 0) is 80.4 Å². The van der Waals surface area contributed by atoms with Crippen LogP contribution in [0.25, 0.3) is 16.8 Å². The number of ether oxygens (including phenoxy) is 1. The van der Waals surface area contributed by atoms with Crippen LogP contribution < -0.4 is 15.0 Å². The van der Waals surface area contributed by atoms with Crippen LogP contribution in [0.2, 0.25) is 15.1 Å². The highest BCUT2D eigenvalue weighted by Gasteiger charge is 2.35. The van der Waals surface area contributed by atoms with Gasteiger partial charge in [-0.15, -0.1) is 0 Å². The van der Waals surface area contributed by atoms with Crippen molar-refractivity contribution in [3.63, 3.8) is 0 Å². The van der Waals surface area contributed by atoms with Gasteiger partial charge < -0.3 is 4.74 Å². The molecule has 1 heterocycles. The molecule has 0 unspecified atom stereocenters. The number of fused-ring (bicyclic) bond motifs is 1. The zero-order valence-electron chi connectivity index (χ0n) is 19.3. The van der Waals surface area contributed by atoms with Crippen molar-refractivity contribution in [1.82, 2.24) is 5.32 Å². The van der Waals surface area contributed by atoms with Gasteiger partial charge in [0.15, 0.2) is 10.9 Å². The van der Waals surface area contributed by atoms with Crippen LogP contribution in [0.1, 0.15) is 11.1 Å². The van der Waals surface area contributed by atoms with E-state index in [0.29, 0.717) is 27.4 Å². The first-order valence-corrected chi connectivity index (χ1v) is 13.5. The van der Waals surface area contributed by atoms with E-state index < -0.39 is 11.8 Å². The zero-order chi connectivity index (χ0) is 27.0. The van der Waals surface area contributed by atoms with Gasteiger partial charge in [-0.1, -0.05) is 83.3 Å². The smallest absolute Gasteiger partial charge is 0.270 e. The molecule has 10 heteroatoms. The van der Waals surface area contributed by atoms with Gasteiger partial charge in [-0.25, -0.2) is 0 Å². The third kappa shape index (κ3) is 5.17. The van der Waals surface area contributed by atoms with Crippen LogP contribution in [0.3, 0.4) is 0 Å². The number of carbonyl (C=O) groups excluding carboxylic acids is 2. The number of benzene rings is 4. The number of anilines is 1. The molecule has 1 aliphatic heterocycles. The summed E-state index contributed by atoms with van der Waals surface area (Å²) in [6.45, 7) is 0.299. The molecule has 1 fully saturated rings. The summed E-state index contributed by atoms with van der Waals surface area (Å²) in [5.41, 5.74) is 1.62. The fourth-order valence-corrected chi connectivity index (χ4v) is 5.72. The van der Waals surface area contributed by atoms with Crippen molar-refractivity contribution in [2.75, 3.05) is 4.90 Å². The summed E-state index contributed by atoms with van der Waals surface area (Å²) < 4.78 is 6.63. The van der Waals surface area contributed by atoms with Gasteiger partial charge in [0, 0.05) is 0 Å². The predicted octanol–water partition coefficient (Wildman–Crippen LogP) is 7.97. The average Bonchev–Trinajstić information content (AvgIpc) is 2.88. The fraction of sp³-hybridized carbons (Fsp3) is 0.0357. The van der Waals surface area contributed by atoms with E-state index >= 15 is 0 Å². The Balaban J connectivity index is 1.43. The maximum atomic E-state index is 13.4. The van der Waals surface area contributed by atoms with Crippen molar-refractivity contribution >= 4 is 102 Å². The molecule has 0 saturated carbocycles. The summed E-state index contributed by atoms with van der Waals surface area (Å²) in [4.78, 5) is 27.2. The molecule has 0 atom stereocenters. The first-order chi connectivity index (χ1) is 18.2. The number of amides is 2. The van der Waals surface area contributed by atoms with Crippen LogP contribution in [-0.2, 0) is 16.2 Å². The van der Waals surface area contributed by atoms with E-state index in [9.17, 15) is 9.59 Å². The second-order valence-corrected chi connectivity index (χ2v) is 10.7. The van der Waals surface area contributed by atoms with Crippen LogP contribution >= 0.6 is 63.0 Å². The van der Waals surface area contributed by atoms with Crippen molar-refractivity contribution < 1.29 is 14.3 Å². The lowest BCUT2D eigenvalue weighted by Crippen LogP contribution is -2.54. The molecular weight excluding hydrogens is 631 g/mol. The molecule has 5 rings (SSSR count). The molecular formula is C28H16BrCl3N2O3S. The minimum absolute atomic E-state index is 0.0993. The number of thiocarbonyl (C=S) groups is 1. The van der Waals surface area contributed by atoms with Crippen molar-refractivity contribution in [3.8, 4) is 5.75 Å². The molecule has 0 spiro atoms. The second kappa shape index (κ2) is 11.0. The van der Waals surface area contributed by atoms with Crippen LogP contribution in [0, 0.1) is 0 Å². The highest BCUT2D eigenvalue weighted by atomic mass is 79.9. The van der Waals surface area contributed by atoms with E-state index in [2.05, 4.69) is 21.2 Å². The van der Waals surface area contributed by atoms with Gasteiger partial charge in [-0.2, -0.15) is 0 Å². The van der Waals surface area contributed by atoms with Crippen LogP contribution in [0.15, 0.2) is 82.8 Å². The molecule has 1 aliphatic rings. The minimum atomic E-state index is -0.647. The Labute approximate surface area is 247 Å². The average molecular weight is 647 g/mol. The molecule has 38 heavy (non-hydrogen) atoms. The molecule has 1 saturated heterocycles. The van der Waals surface area contributed by atoms with Gasteiger partial charge in [0.25, 0.3) is 11.8 Å². The Morgan fingerprint density at radius 3 is 2.47 bits per heavy atom. The maximum Gasteiger partial charge on any atom is 0.270 e. The normalized spacial score (nSPS) is 14.8. The summed E-state index contributed by atoms with van der Waals surface area (Å²) in [6, 6.07) is 22.2. The van der Waals surface area contributed by atoms with Crippen molar-refractivity contribution in [2.24, 2.45) is 0 Å².